The van der Waals surface area contributed by atoms with Gasteiger partial charge in [0.05, 0.1) is 5.75 Å². The van der Waals surface area contributed by atoms with Crippen LogP contribution in [0, 0.1) is 0 Å². The topological polar surface area (TPSA) is 104 Å². The van der Waals surface area contributed by atoms with Crippen LogP contribution in [-0.2, 0) is 10.1 Å². The Balaban J connectivity index is 3.51. The smallest absolute Gasteiger partial charge is 0.266 e. The number of hydrogen-bond donors (Lipinski definition) is 4. The van der Waals surface area contributed by atoms with Crippen molar-refractivity contribution in [2.24, 2.45) is 5.84 Å². The van der Waals surface area contributed by atoms with Gasteiger partial charge in [-0.15, -0.1) is 0 Å². The maximum atomic E-state index is 10.1. The van der Waals surface area contributed by atoms with Gasteiger partial charge in [-0.05, 0) is 12.2 Å². The summed E-state index contributed by atoms with van der Waals surface area (Å²) in [6.45, 7) is 0.0296. The van der Waals surface area contributed by atoms with Crippen LogP contribution in [-0.4, -0.2) is 30.4 Å². The zero-order valence-electron chi connectivity index (χ0n) is 5.57. The number of nitrogens with one attached hydrogen (secondary N) is 2. The minimum absolute atomic E-state index is 0.0296. The number of hydrazine groups is 1. The van der Waals surface area contributed by atoms with Gasteiger partial charge in [0, 0.05) is 6.54 Å². The van der Waals surface area contributed by atoms with Crippen LogP contribution in [0.1, 0.15) is 0 Å². The van der Waals surface area contributed by atoms with Crippen molar-refractivity contribution in [1.29, 1.82) is 0 Å². The molecule has 0 rings (SSSR count). The van der Waals surface area contributed by atoms with Crippen LogP contribution in [0.15, 0.2) is 0 Å². The molecule has 0 aliphatic heterocycles. The van der Waals surface area contributed by atoms with Crippen LogP contribution < -0.4 is 16.6 Å². The van der Waals surface area contributed by atoms with Gasteiger partial charge in [-0.2, -0.15) is 8.42 Å². The Bertz CT molecular complexity index is 224. The van der Waals surface area contributed by atoms with Crippen molar-refractivity contribution < 1.29 is 13.0 Å². The molecule has 5 N–H and O–H groups in total. The van der Waals surface area contributed by atoms with Crippen molar-refractivity contribution in [3.05, 3.63) is 0 Å². The van der Waals surface area contributed by atoms with E-state index in [1.165, 1.54) is 0 Å². The monoisotopic (exact) mass is 199 g/mol. The van der Waals surface area contributed by atoms with Gasteiger partial charge >= 0.3 is 0 Å². The Morgan fingerprint density at radius 3 is 2.55 bits per heavy atom. The Morgan fingerprint density at radius 2 is 2.18 bits per heavy atom. The summed E-state index contributed by atoms with van der Waals surface area (Å²) in [6, 6.07) is 0. The first-order valence-electron chi connectivity index (χ1n) is 2.65. The average molecular weight is 199 g/mol. The number of nitrogens with two attached hydrogens (primary N) is 1. The third kappa shape index (κ3) is 7.46. The maximum Gasteiger partial charge on any atom is 0.266 e. The fourth-order valence-electron chi connectivity index (χ4n) is 0.345. The van der Waals surface area contributed by atoms with Crippen LogP contribution in [0.5, 0.6) is 0 Å². The van der Waals surface area contributed by atoms with E-state index in [1.807, 2.05) is 0 Å². The van der Waals surface area contributed by atoms with Crippen molar-refractivity contribution in [3.63, 3.8) is 0 Å². The van der Waals surface area contributed by atoms with Crippen molar-refractivity contribution in [3.8, 4) is 0 Å². The molecule has 0 aromatic carbocycles. The molecule has 0 saturated heterocycles. The van der Waals surface area contributed by atoms with E-state index >= 15 is 0 Å². The lowest BCUT2D eigenvalue weighted by atomic mass is 10.7. The van der Waals surface area contributed by atoms with E-state index in [1.54, 1.807) is 0 Å². The normalized spacial score (nSPS) is 10.7. The summed E-state index contributed by atoms with van der Waals surface area (Å²) in [6.07, 6.45) is 0. The van der Waals surface area contributed by atoms with E-state index in [9.17, 15) is 8.42 Å². The predicted molar refractivity (Wildman–Crippen MR) is 44.3 cm³/mol. The van der Waals surface area contributed by atoms with Crippen LogP contribution in [0.2, 0.25) is 0 Å². The van der Waals surface area contributed by atoms with Gasteiger partial charge in [0.2, 0.25) is 0 Å². The first-order valence-corrected chi connectivity index (χ1v) is 4.67. The highest BCUT2D eigenvalue weighted by molar-refractivity contribution is 7.85. The number of hydrogen-bond acceptors (Lipinski definition) is 4. The molecule has 0 aromatic rings. The molecule has 8 heteroatoms. The summed E-state index contributed by atoms with van der Waals surface area (Å²) in [5, 5.41) is 2.58. The van der Waals surface area contributed by atoms with Gasteiger partial charge in [-0.1, -0.05) is 0 Å². The van der Waals surface area contributed by atoms with E-state index in [0.717, 1.165) is 0 Å². The van der Waals surface area contributed by atoms with Gasteiger partial charge in [-0.3, -0.25) is 4.55 Å². The third-order valence-electron chi connectivity index (χ3n) is 0.777. The summed E-state index contributed by atoms with van der Waals surface area (Å²) in [7, 11) is -3.92. The second-order valence-electron chi connectivity index (χ2n) is 1.69. The largest absolute Gasteiger partial charge is 0.361 e. The summed E-state index contributed by atoms with van der Waals surface area (Å²) in [5.41, 5.74) is 2.10. The Kier molecular flexibility index (Phi) is 4.26. The maximum absolute atomic E-state index is 10.1. The summed E-state index contributed by atoms with van der Waals surface area (Å²) in [4.78, 5) is 0. The summed E-state index contributed by atoms with van der Waals surface area (Å²) >= 11 is 4.52. The fourth-order valence-corrected chi connectivity index (χ4v) is 0.807. The van der Waals surface area contributed by atoms with Crippen LogP contribution in [0.4, 0.5) is 0 Å². The standard InChI is InChI=1S/C3H9N3O3S2/c4-6-3(10)5-1-2-11(7,8)9/h1-2,4H2,(H2,5,6,10)(H,7,8,9). The second-order valence-corrected chi connectivity index (χ2v) is 3.67. The lowest BCUT2D eigenvalue weighted by molar-refractivity contribution is 0.482. The van der Waals surface area contributed by atoms with Crippen molar-refractivity contribution in [2.75, 3.05) is 12.3 Å². The highest BCUT2D eigenvalue weighted by atomic mass is 32.2. The van der Waals surface area contributed by atoms with Crippen LogP contribution in [0.3, 0.4) is 0 Å². The van der Waals surface area contributed by atoms with Gasteiger partial charge in [-0.25, -0.2) is 5.84 Å². The quantitative estimate of drug-likeness (QED) is 0.184. The zero-order chi connectivity index (χ0) is 8.91. The molecule has 0 atom stereocenters. The van der Waals surface area contributed by atoms with Crippen LogP contribution >= 0.6 is 12.2 Å². The Labute approximate surface area is 69.9 Å². The number of thiocarbonyl (C=S) groups is 1. The zero-order valence-corrected chi connectivity index (χ0v) is 7.20. The molecule has 0 aromatic heterocycles. The average Bonchev–Trinajstić information content (AvgIpc) is 1.85. The minimum Gasteiger partial charge on any atom is -0.361 e. The molecule has 0 spiro atoms. The van der Waals surface area contributed by atoms with E-state index in [4.69, 9.17) is 10.4 Å². The molecule has 0 amide bonds. The molecule has 6 nitrogen and oxygen atoms in total. The van der Waals surface area contributed by atoms with Crippen molar-refractivity contribution >= 4 is 27.4 Å². The SMILES string of the molecule is NNC(=S)NCCS(=O)(=O)O. The second kappa shape index (κ2) is 4.44. The molecule has 0 unspecified atom stereocenters. The van der Waals surface area contributed by atoms with E-state index in [-0.39, 0.29) is 11.7 Å². The van der Waals surface area contributed by atoms with E-state index < -0.39 is 15.9 Å². The minimum atomic E-state index is -3.92. The lowest BCUT2D eigenvalue weighted by Crippen LogP contribution is -2.41. The highest BCUT2D eigenvalue weighted by Crippen LogP contribution is 1.78. The van der Waals surface area contributed by atoms with Gasteiger partial charge in [0.15, 0.2) is 5.11 Å². The lowest BCUT2D eigenvalue weighted by Gasteiger charge is -2.03. The van der Waals surface area contributed by atoms with Gasteiger partial charge in [0.1, 0.15) is 0 Å². The van der Waals surface area contributed by atoms with Crippen molar-refractivity contribution in [1.82, 2.24) is 10.7 Å². The molecule has 66 valence electrons. The van der Waals surface area contributed by atoms with Crippen molar-refractivity contribution in [2.45, 2.75) is 0 Å². The molecule has 0 radical (unpaired) electrons. The first kappa shape index (κ1) is 10.6. The molecule has 0 heterocycles. The Hall–Kier alpha value is -0.440. The van der Waals surface area contributed by atoms with Gasteiger partial charge < -0.3 is 10.7 Å². The predicted octanol–water partition coefficient (Wildman–Crippen LogP) is -1.79. The fraction of sp³-hybridized carbons (Fsp3) is 0.667. The van der Waals surface area contributed by atoms with Gasteiger partial charge in [0.25, 0.3) is 10.1 Å². The first-order chi connectivity index (χ1) is 4.95. The molecular formula is C3H9N3O3S2. The third-order valence-corrected chi connectivity index (χ3v) is 1.76. The molecule has 11 heavy (non-hydrogen) atoms. The molecule has 0 aliphatic rings. The van der Waals surface area contributed by atoms with E-state index in [0.29, 0.717) is 0 Å². The molecule has 0 fully saturated rings. The molecule has 0 aliphatic carbocycles. The summed E-state index contributed by atoms with van der Waals surface area (Å²) < 4.78 is 28.5. The van der Waals surface area contributed by atoms with Crippen LogP contribution in [0.25, 0.3) is 0 Å². The summed E-state index contributed by atoms with van der Waals surface area (Å²) in [5.74, 6) is 4.46. The number of rotatable bonds is 3. The molecule has 0 bridgehead atoms. The van der Waals surface area contributed by atoms with E-state index in [2.05, 4.69) is 23.0 Å². The molecule has 0 saturated carbocycles. The molecular weight excluding hydrogens is 190 g/mol. The Morgan fingerprint density at radius 1 is 1.64 bits per heavy atom. The highest BCUT2D eigenvalue weighted by Gasteiger charge is 2.02.